The van der Waals surface area contributed by atoms with Gasteiger partial charge in [0, 0.05) is 49.3 Å². The van der Waals surface area contributed by atoms with Crippen molar-refractivity contribution in [2.75, 3.05) is 23.5 Å². The molecule has 1 aliphatic rings. The van der Waals surface area contributed by atoms with Crippen LogP contribution in [0.25, 0.3) is 11.3 Å². The van der Waals surface area contributed by atoms with Gasteiger partial charge in [-0.1, -0.05) is 6.92 Å². The summed E-state index contributed by atoms with van der Waals surface area (Å²) in [5.74, 6) is 2.55. The van der Waals surface area contributed by atoms with Gasteiger partial charge in [0.1, 0.15) is 5.82 Å². The summed E-state index contributed by atoms with van der Waals surface area (Å²) < 4.78 is 1.81. The molecule has 2 aromatic rings. The molecule has 1 amide bonds. The van der Waals surface area contributed by atoms with Gasteiger partial charge in [-0.2, -0.15) is 16.9 Å². The van der Waals surface area contributed by atoms with Crippen LogP contribution < -0.4 is 4.90 Å². The molecule has 2 heterocycles. The highest BCUT2D eigenvalue weighted by molar-refractivity contribution is 7.98. The Morgan fingerprint density at radius 3 is 2.92 bits per heavy atom. The van der Waals surface area contributed by atoms with E-state index in [-0.39, 0.29) is 11.8 Å². The lowest BCUT2D eigenvalue weighted by Gasteiger charge is -2.25. The van der Waals surface area contributed by atoms with E-state index < -0.39 is 0 Å². The van der Waals surface area contributed by atoms with Gasteiger partial charge in [0.25, 0.3) is 0 Å². The molecule has 0 N–H and O–H groups in total. The first kappa shape index (κ1) is 17.0. The van der Waals surface area contributed by atoms with Gasteiger partial charge >= 0.3 is 0 Å². The minimum absolute atomic E-state index is 0.00971. The van der Waals surface area contributed by atoms with E-state index in [4.69, 9.17) is 0 Å². The number of carbonyl (C=O) groups excluding carboxylic acids is 1. The quantitative estimate of drug-likeness (QED) is 0.774. The summed E-state index contributed by atoms with van der Waals surface area (Å²) in [4.78, 5) is 19.0. The molecular weight excluding hydrogens is 320 g/mol. The molecule has 2 aromatic heterocycles. The number of thioether (sulfide) groups is 1. The number of amides is 1. The van der Waals surface area contributed by atoms with Crippen molar-refractivity contribution in [2.24, 2.45) is 18.9 Å². The Balaban J connectivity index is 1.89. The molecule has 1 atom stereocenters. The van der Waals surface area contributed by atoms with E-state index in [0.29, 0.717) is 5.92 Å². The predicted molar refractivity (Wildman–Crippen MR) is 99.1 cm³/mol. The number of aryl methyl sites for hydroxylation is 1. The summed E-state index contributed by atoms with van der Waals surface area (Å²) in [5, 5.41) is 4.59. The number of hydrogen-bond donors (Lipinski definition) is 0. The van der Waals surface area contributed by atoms with Crippen LogP contribution in [0.2, 0.25) is 0 Å². The lowest BCUT2D eigenvalue weighted by molar-refractivity contribution is -0.121. The Kier molecular flexibility index (Phi) is 5.23. The first-order valence-corrected chi connectivity index (χ1v) is 9.74. The minimum atomic E-state index is 0.00971. The predicted octanol–water partition coefficient (Wildman–Crippen LogP) is 3.22. The fraction of sp³-hybridized carbons (Fsp3) is 0.500. The van der Waals surface area contributed by atoms with Gasteiger partial charge in [0.2, 0.25) is 5.91 Å². The first-order chi connectivity index (χ1) is 11.6. The fourth-order valence-corrected chi connectivity index (χ4v) is 3.45. The lowest BCUT2D eigenvalue weighted by Crippen LogP contribution is -2.38. The molecule has 0 bridgehead atoms. The number of hydrogen-bond acceptors (Lipinski definition) is 4. The molecule has 0 spiro atoms. The SMILES string of the molecule is CSCC(C)C(=O)N(CC1CC1)c1cc(-c2cccnc2)nn1C. The molecule has 1 saturated carbocycles. The van der Waals surface area contributed by atoms with Crippen molar-refractivity contribution in [2.45, 2.75) is 19.8 Å². The Morgan fingerprint density at radius 2 is 2.29 bits per heavy atom. The molecule has 1 fully saturated rings. The highest BCUT2D eigenvalue weighted by atomic mass is 32.2. The van der Waals surface area contributed by atoms with Crippen LogP contribution >= 0.6 is 11.8 Å². The Bertz CT molecular complexity index is 696. The zero-order valence-electron chi connectivity index (χ0n) is 14.5. The van der Waals surface area contributed by atoms with Crippen molar-refractivity contribution < 1.29 is 4.79 Å². The Labute approximate surface area is 147 Å². The second kappa shape index (κ2) is 7.38. The van der Waals surface area contributed by atoms with Gasteiger partial charge in [0.15, 0.2) is 0 Å². The third kappa shape index (κ3) is 3.80. The van der Waals surface area contributed by atoms with Crippen LogP contribution in [0.4, 0.5) is 5.82 Å². The van der Waals surface area contributed by atoms with E-state index >= 15 is 0 Å². The monoisotopic (exact) mass is 344 g/mol. The van der Waals surface area contributed by atoms with Gasteiger partial charge in [-0.3, -0.25) is 19.4 Å². The second-order valence-corrected chi connectivity index (χ2v) is 7.41. The van der Waals surface area contributed by atoms with Gasteiger partial charge in [-0.05, 0) is 37.1 Å². The van der Waals surface area contributed by atoms with Crippen LogP contribution in [0.15, 0.2) is 30.6 Å². The molecule has 1 aliphatic carbocycles. The topological polar surface area (TPSA) is 51.0 Å². The summed E-state index contributed by atoms with van der Waals surface area (Å²) in [7, 11) is 1.90. The summed E-state index contributed by atoms with van der Waals surface area (Å²) >= 11 is 1.71. The van der Waals surface area contributed by atoms with Crippen LogP contribution in [-0.2, 0) is 11.8 Å². The van der Waals surface area contributed by atoms with Gasteiger partial charge < -0.3 is 0 Å². The van der Waals surface area contributed by atoms with Gasteiger partial charge in [0.05, 0.1) is 5.69 Å². The largest absolute Gasteiger partial charge is 0.296 e. The number of carbonyl (C=O) groups is 1. The molecule has 6 heteroatoms. The van der Waals surface area contributed by atoms with E-state index in [9.17, 15) is 4.79 Å². The molecular formula is C18H24N4OS. The number of rotatable bonds is 7. The minimum Gasteiger partial charge on any atom is -0.296 e. The van der Waals surface area contributed by atoms with Crippen molar-refractivity contribution in [1.29, 1.82) is 0 Å². The fourth-order valence-electron chi connectivity index (χ4n) is 2.81. The average molecular weight is 344 g/mol. The lowest BCUT2D eigenvalue weighted by atomic mass is 10.1. The average Bonchev–Trinajstić information content (AvgIpc) is 3.33. The van der Waals surface area contributed by atoms with Crippen LogP contribution in [-0.4, -0.2) is 39.2 Å². The van der Waals surface area contributed by atoms with Crippen molar-refractivity contribution in [3.8, 4) is 11.3 Å². The van der Waals surface area contributed by atoms with E-state index in [2.05, 4.69) is 10.1 Å². The maximum absolute atomic E-state index is 13.0. The van der Waals surface area contributed by atoms with E-state index in [1.165, 1.54) is 12.8 Å². The number of aromatic nitrogens is 3. The van der Waals surface area contributed by atoms with Gasteiger partial charge in [-0.15, -0.1) is 0 Å². The number of pyridine rings is 1. The van der Waals surface area contributed by atoms with E-state index in [1.807, 2.05) is 48.0 Å². The molecule has 0 aromatic carbocycles. The molecule has 5 nitrogen and oxygen atoms in total. The standard InChI is InChI=1S/C18H24N4OS/c1-13(12-24-3)18(23)22(11-14-6-7-14)17-9-16(20-21(17)2)15-5-4-8-19-10-15/h4-5,8-10,13-14H,6-7,11-12H2,1-3H3. The van der Waals surface area contributed by atoms with E-state index in [1.54, 1.807) is 24.2 Å². The molecule has 3 rings (SSSR count). The maximum Gasteiger partial charge on any atom is 0.231 e. The summed E-state index contributed by atoms with van der Waals surface area (Å²) in [6, 6.07) is 5.89. The molecule has 0 aliphatic heterocycles. The van der Waals surface area contributed by atoms with Crippen LogP contribution in [0.3, 0.4) is 0 Å². The maximum atomic E-state index is 13.0. The smallest absolute Gasteiger partial charge is 0.231 e. The Hall–Kier alpha value is -1.82. The highest BCUT2D eigenvalue weighted by Gasteiger charge is 2.31. The zero-order chi connectivity index (χ0) is 17.1. The number of nitrogens with zero attached hydrogens (tertiary/aromatic N) is 4. The Morgan fingerprint density at radius 1 is 1.50 bits per heavy atom. The third-order valence-electron chi connectivity index (χ3n) is 4.33. The normalized spacial score (nSPS) is 15.3. The third-order valence-corrected chi connectivity index (χ3v) is 5.16. The second-order valence-electron chi connectivity index (χ2n) is 6.50. The number of anilines is 1. The summed E-state index contributed by atoms with van der Waals surface area (Å²) in [6.45, 7) is 2.81. The molecule has 0 radical (unpaired) electrons. The summed E-state index contributed by atoms with van der Waals surface area (Å²) in [6.07, 6.45) is 8.03. The van der Waals surface area contributed by atoms with Crippen LogP contribution in [0.5, 0.6) is 0 Å². The van der Waals surface area contributed by atoms with Crippen molar-refractivity contribution >= 4 is 23.5 Å². The van der Waals surface area contributed by atoms with Crippen LogP contribution in [0.1, 0.15) is 19.8 Å². The molecule has 0 saturated heterocycles. The van der Waals surface area contributed by atoms with Crippen molar-refractivity contribution in [3.63, 3.8) is 0 Å². The molecule has 24 heavy (non-hydrogen) atoms. The zero-order valence-corrected chi connectivity index (χ0v) is 15.3. The van der Waals surface area contributed by atoms with Crippen molar-refractivity contribution in [3.05, 3.63) is 30.6 Å². The molecule has 1 unspecified atom stereocenters. The van der Waals surface area contributed by atoms with E-state index in [0.717, 1.165) is 29.4 Å². The van der Waals surface area contributed by atoms with Gasteiger partial charge in [-0.25, -0.2) is 0 Å². The van der Waals surface area contributed by atoms with Crippen LogP contribution in [0, 0.1) is 11.8 Å². The first-order valence-electron chi connectivity index (χ1n) is 8.35. The molecule has 128 valence electrons. The van der Waals surface area contributed by atoms with Crippen molar-refractivity contribution in [1.82, 2.24) is 14.8 Å². The highest BCUT2D eigenvalue weighted by Crippen LogP contribution is 2.33. The summed E-state index contributed by atoms with van der Waals surface area (Å²) in [5.41, 5.74) is 1.82.